The standard InChI is InChI=1S/C14H21N3O3/c1-16(11-5-6-12(20-3)14(11)19)13(18)7-4-10-8-9-15-17(10)2/h4,7-9,11-12,14,19H,5-6H2,1-3H3/t11-,12-,14-/m1/s1. The molecule has 2 rings (SSSR count). The van der Waals surface area contributed by atoms with Crippen LogP contribution in [0.2, 0.25) is 0 Å². The number of hydrogen-bond donors (Lipinski definition) is 1. The number of ether oxygens (including phenoxy) is 1. The molecule has 1 N–H and O–H groups in total. The van der Waals surface area contributed by atoms with Gasteiger partial charge < -0.3 is 14.7 Å². The van der Waals surface area contributed by atoms with Crippen molar-refractivity contribution in [2.45, 2.75) is 31.1 Å². The number of carbonyl (C=O) groups is 1. The molecule has 1 aromatic heterocycles. The SMILES string of the molecule is CO[C@@H]1CC[C@@H](N(C)C(=O)C=Cc2ccnn2C)[C@H]1O. The lowest BCUT2D eigenvalue weighted by Crippen LogP contribution is -2.44. The molecule has 1 amide bonds. The van der Waals surface area contributed by atoms with Gasteiger partial charge in [-0.3, -0.25) is 9.48 Å². The van der Waals surface area contributed by atoms with Gasteiger partial charge >= 0.3 is 0 Å². The fourth-order valence-corrected chi connectivity index (χ4v) is 2.59. The van der Waals surface area contributed by atoms with Crippen LogP contribution in [-0.4, -0.2) is 58.1 Å². The maximum Gasteiger partial charge on any atom is 0.246 e. The Balaban J connectivity index is 1.99. The van der Waals surface area contributed by atoms with Gasteiger partial charge in [0.15, 0.2) is 0 Å². The number of rotatable bonds is 4. The van der Waals surface area contributed by atoms with Crippen molar-refractivity contribution in [3.8, 4) is 0 Å². The van der Waals surface area contributed by atoms with E-state index in [1.807, 2.05) is 13.1 Å². The zero-order valence-corrected chi connectivity index (χ0v) is 12.1. The Labute approximate surface area is 118 Å². The average Bonchev–Trinajstić information content (AvgIpc) is 3.01. The Kier molecular flexibility index (Phi) is 4.57. The number of aliphatic hydroxyl groups excluding tert-OH is 1. The van der Waals surface area contributed by atoms with Crippen molar-refractivity contribution >= 4 is 12.0 Å². The van der Waals surface area contributed by atoms with Crippen LogP contribution in [0.4, 0.5) is 0 Å². The van der Waals surface area contributed by atoms with Crippen molar-refractivity contribution in [1.82, 2.24) is 14.7 Å². The fourth-order valence-electron chi connectivity index (χ4n) is 2.59. The number of nitrogens with zero attached hydrogens (tertiary/aromatic N) is 3. The van der Waals surface area contributed by atoms with E-state index >= 15 is 0 Å². The molecule has 3 atom stereocenters. The van der Waals surface area contributed by atoms with Gasteiger partial charge in [0, 0.05) is 33.5 Å². The van der Waals surface area contributed by atoms with Crippen LogP contribution in [0.25, 0.3) is 6.08 Å². The molecule has 0 saturated heterocycles. The van der Waals surface area contributed by atoms with Crippen LogP contribution in [0.3, 0.4) is 0 Å². The minimum atomic E-state index is -0.626. The minimum absolute atomic E-state index is 0.132. The molecule has 1 aliphatic rings. The first-order valence-electron chi connectivity index (χ1n) is 6.68. The average molecular weight is 279 g/mol. The van der Waals surface area contributed by atoms with Gasteiger partial charge in [-0.2, -0.15) is 5.10 Å². The Bertz CT molecular complexity index is 498. The maximum absolute atomic E-state index is 12.1. The molecular formula is C14H21N3O3. The molecule has 6 nitrogen and oxygen atoms in total. The number of carbonyl (C=O) groups excluding carboxylic acids is 1. The first kappa shape index (κ1) is 14.7. The summed E-state index contributed by atoms with van der Waals surface area (Å²) in [6.45, 7) is 0. The summed E-state index contributed by atoms with van der Waals surface area (Å²) in [5.41, 5.74) is 0.855. The van der Waals surface area contributed by atoms with Crippen molar-refractivity contribution in [2.75, 3.05) is 14.2 Å². The van der Waals surface area contributed by atoms with Gasteiger partial charge in [0.2, 0.25) is 5.91 Å². The molecular weight excluding hydrogens is 258 g/mol. The third-order valence-corrected chi connectivity index (χ3v) is 3.93. The minimum Gasteiger partial charge on any atom is -0.388 e. The number of aromatic nitrogens is 2. The highest BCUT2D eigenvalue weighted by Crippen LogP contribution is 2.26. The van der Waals surface area contributed by atoms with Crippen molar-refractivity contribution in [3.63, 3.8) is 0 Å². The molecule has 0 unspecified atom stereocenters. The van der Waals surface area contributed by atoms with E-state index in [4.69, 9.17) is 4.74 Å². The summed E-state index contributed by atoms with van der Waals surface area (Å²) in [6, 6.07) is 1.64. The van der Waals surface area contributed by atoms with E-state index < -0.39 is 6.10 Å². The highest BCUT2D eigenvalue weighted by Gasteiger charge is 2.38. The third kappa shape index (κ3) is 2.91. The summed E-state index contributed by atoms with van der Waals surface area (Å²) in [4.78, 5) is 13.7. The van der Waals surface area contributed by atoms with Crippen LogP contribution in [-0.2, 0) is 16.6 Å². The summed E-state index contributed by atoms with van der Waals surface area (Å²) >= 11 is 0. The Morgan fingerprint density at radius 3 is 2.90 bits per heavy atom. The van der Waals surface area contributed by atoms with Crippen molar-refractivity contribution in [3.05, 3.63) is 24.0 Å². The normalized spacial score (nSPS) is 26.3. The number of hydrogen-bond acceptors (Lipinski definition) is 4. The number of methoxy groups -OCH3 is 1. The molecule has 1 aliphatic carbocycles. The van der Waals surface area contributed by atoms with Crippen LogP contribution >= 0.6 is 0 Å². The monoisotopic (exact) mass is 279 g/mol. The highest BCUT2D eigenvalue weighted by atomic mass is 16.5. The van der Waals surface area contributed by atoms with Crippen molar-refractivity contribution in [2.24, 2.45) is 7.05 Å². The molecule has 0 aliphatic heterocycles. The molecule has 20 heavy (non-hydrogen) atoms. The first-order valence-corrected chi connectivity index (χ1v) is 6.68. The van der Waals surface area contributed by atoms with Crippen LogP contribution < -0.4 is 0 Å². The van der Waals surface area contributed by atoms with Crippen LogP contribution in [0.5, 0.6) is 0 Å². The van der Waals surface area contributed by atoms with Gasteiger partial charge in [0.25, 0.3) is 0 Å². The smallest absolute Gasteiger partial charge is 0.246 e. The maximum atomic E-state index is 12.1. The van der Waals surface area contributed by atoms with Gasteiger partial charge in [0.05, 0.1) is 17.8 Å². The Morgan fingerprint density at radius 1 is 1.60 bits per heavy atom. The highest BCUT2D eigenvalue weighted by molar-refractivity contribution is 5.91. The quantitative estimate of drug-likeness (QED) is 0.812. The second-order valence-corrected chi connectivity index (χ2v) is 5.07. The van der Waals surface area contributed by atoms with E-state index in [0.717, 1.165) is 18.5 Å². The molecule has 0 radical (unpaired) electrons. The van der Waals surface area contributed by atoms with E-state index in [9.17, 15) is 9.90 Å². The van der Waals surface area contributed by atoms with Gasteiger partial charge in [-0.1, -0.05) is 0 Å². The summed E-state index contributed by atoms with van der Waals surface area (Å²) in [5.74, 6) is -0.132. The van der Waals surface area contributed by atoms with E-state index in [0.29, 0.717) is 0 Å². The Hall–Kier alpha value is -1.66. The third-order valence-electron chi connectivity index (χ3n) is 3.93. The second kappa shape index (κ2) is 6.19. The fraction of sp³-hybridized carbons (Fsp3) is 0.571. The van der Waals surface area contributed by atoms with E-state index in [-0.39, 0.29) is 18.1 Å². The predicted molar refractivity (Wildman–Crippen MR) is 74.8 cm³/mol. The predicted octanol–water partition coefficient (Wildman–Crippen LogP) is 0.430. The molecule has 6 heteroatoms. The molecule has 110 valence electrons. The molecule has 0 aromatic carbocycles. The molecule has 1 saturated carbocycles. The zero-order valence-electron chi connectivity index (χ0n) is 12.1. The number of likely N-dealkylation sites (N-methyl/N-ethyl adjacent to an activating group) is 1. The first-order chi connectivity index (χ1) is 9.54. The molecule has 1 fully saturated rings. The van der Waals surface area contributed by atoms with Crippen LogP contribution in [0, 0.1) is 0 Å². The number of aliphatic hydroxyl groups is 1. The topological polar surface area (TPSA) is 67.6 Å². The van der Waals surface area contributed by atoms with Gasteiger partial charge in [0.1, 0.15) is 6.10 Å². The largest absolute Gasteiger partial charge is 0.388 e. The summed E-state index contributed by atoms with van der Waals surface area (Å²) in [6.07, 6.45) is 5.62. The molecule has 0 bridgehead atoms. The number of aryl methyl sites for hydroxylation is 1. The van der Waals surface area contributed by atoms with Gasteiger partial charge in [-0.25, -0.2) is 0 Å². The lowest BCUT2D eigenvalue weighted by Gasteiger charge is -2.27. The summed E-state index contributed by atoms with van der Waals surface area (Å²) in [5, 5.41) is 14.1. The zero-order chi connectivity index (χ0) is 14.7. The lowest BCUT2D eigenvalue weighted by molar-refractivity contribution is -0.129. The van der Waals surface area contributed by atoms with E-state index in [1.165, 1.54) is 6.08 Å². The molecule has 0 spiro atoms. The van der Waals surface area contributed by atoms with Gasteiger partial charge in [-0.05, 0) is 25.0 Å². The molecule has 1 aromatic rings. The molecule has 1 heterocycles. The van der Waals surface area contributed by atoms with Crippen LogP contribution in [0.1, 0.15) is 18.5 Å². The van der Waals surface area contributed by atoms with Gasteiger partial charge in [-0.15, -0.1) is 0 Å². The van der Waals surface area contributed by atoms with Crippen molar-refractivity contribution < 1.29 is 14.6 Å². The van der Waals surface area contributed by atoms with Crippen molar-refractivity contribution in [1.29, 1.82) is 0 Å². The Morgan fingerprint density at radius 2 is 2.35 bits per heavy atom. The summed E-state index contributed by atoms with van der Waals surface area (Å²) in [7, 11) is 5.11. The van der Waals surface area contributed by atoms with Crippen LogP contribution in [0.15, 0.2) is 18.3 Å². The van der Waals surface area contributed by atoms with E-state index in [1.54, 1.807) is 36.0 Å². The second-order valence-electron chi connectivity index (χ2n) is 5.07. The number of amides is 1. The summed E-state index contributed by atoms with van der Waals surface area (Å²) < 4.78 is 6.89. The lowest BCUT2D eigenvalue weighted by atomic mass is 10.1. The van der Waals surface area contributed by atoms with E-state index in [2.05, 4.69) is 5.10 Å².